The predicted octanol–water partition coefficient (Wildman–Crippen LogP) is 2.89. The molecule has 3 heteroatoms. The monoisotopic (exact) mass is 276 g/mol. The van der Waals surface area contributed by atoms with E-state index in [1.165, 1.54) is 5.56 Å². The van der Waals surface area contributed by atoms with E-state index in [0.29, 0.717) is 0 Å². The molecule has 0 saturated heterocycles. The number of amides is 1. The standard InChI is InChI=1S/C17H28N2O/c1-5-13(2)15(18)16(20)19-17(3,4)12-11-14-9-7-6-8-10-14/h6-10,13,15H,5,11-12,18H2,1-4H3,(H,19,20)/t13?,15-/m0/s1. The summed E-state index contributed by atoms with van der Waals surface area (Å²) in [7, 11) is 0. The molecule has 0 saturated carbocycles. The lowest BCUT2D eigenvalue weighted by Crippen LogP contribution is -2.52. The first-order valence-electron chi connectivity index (χ1n) is 7.47. The molecule has 0 spiro atoms. The molecule has 0 aliphatic carbocycles. The average Bonchev–Trinajstić information content (AvgIpc) is 2.44. The van der Waals surface area contributed by atoms with E-state index in [1.54, 1.807) is 0 Å². The minimum Gasteiger partial charge on any atom is -0.350 e. The van der Waals surface area contributed by atoms with E-state index in [0.717, 1.165) is 19.3 Å². The van der Waals surface area contributed by atoms with Crippen molar-refractivity contribution in [1.82, 2.24) is 5.32 Å². The Hall–Kier alpha value is -1.35. The van der Waals surface area contributed by atoms with Crippen LogP contribution in [0, 0.1) is 5.92 Å². The van der Waals surface area contributed by atoms with E-state index in [2.05, 4.69) is 38.2 Å². The molecule has 0 bridgehead atoms. The summed E-state index contributed by atoms with van der Waals surface area (Å²) >= 11 is 0. The third kappa shape index (κ3) is 5.33. The second-order valence-electron chi connectivity index (χ2n) is 6.27. The minimum atomic E-state index is -0.420. The van der Waals surface area contributed by atoms with Gasteiger partial charge in [-0.05, 0) is 38.2 Å². The first kappa shape index (κ1) is 16.7. The van der Waals surface area contributed by atoms with Crippen LogP contribution in [0.2, 0.25) is 0 Å². The molecule has 1 aromatic rings. The summed E-state index contributed by atoms with van der Waals surface area (Å²) in [6.07, 6.45) is 2.77. The Kier molecular flexibility index (Phi) is 6.21. The molecular weight excluding hydrogens is 248 g/mol. The number of rotatable bonds is 7. The Morgan fingerprint density at radius 1 is 1.30 bits per heavy atom. The molecule has 0 heterocycles. The number of hydrogen-bond donors (Lipinski definition) is 2. The Morgan fingerprint density at radius 2 is 1.90 bits per heavy atom. The van der Waals surface area contributed by atoms with E-state index in [-0.39, 0.29) is 17.4 Å². The van der Waals surface area contributed by atoms with Gasteiger partial charge in [0.05, 0.1) is 6.04 Å². The summed E-state index contributed by atoms with van der Waals surface area (Å²) in [6.45, 7) is 8.17. The first-order chi connectivity index (χ1) is 9.35. The molecule has 3 nitrogen and oxygen atoms in total. The number of carbonyl (C=O) groups excluding carboxylic acids is 1. The van der Waals surface area contributed by atoms with E-state index < -0.39 is 6.04 Å². The van der Waals surface area contributed by atoms with Crippen molar-refractivity contribution in [1.29, 1.82) is 0 Å². The highest BCUT2D eigenvalue weighted by molar-refractivity contribution is 5.82. The molecule has 0 radical (unpaired) electrons. The molecule has 0 aliphatic rings. The van der Waals surface area contributed by atoms with Crippen LogP contribution in [0.15, 0.2) is 30.3 Å². The lowest BCUT2D eigenvalue weighted by molar-refractivity contribution is -0.125. The Labute approximate surface area is 122 Å². The molecule has 0 fully saturated rings. The summed E-state index contributed by atoms with van der Waals surface area (Å²) < 4.78 is 0. The molecule has 1 unspecified atom stereocenters. The van der Waals surface area contributed by atoms with Crippen LogP contribution in [0.3, 0.4) is 0 Å². The molecule has 0 aliphatic heterocycles. The maximum atomic E-state index is 12.1. The molecule has 0 aromatic heterocycles. The van der Waals surface area contributed by atoms with Crippen LogP contribution in [0.25, 0.3) is 0 Å². The Balaban J connectivity index is 2.50. The van der Waals surface area contributed by atoms with Gasteiger partial charge >= 0.3 is 0 Å². The second kappa shape index (κ2) is 7.44. The lowest BCUT2D eigenvalue weighted by Gasteiger charge is -2.29. The highest BCUT2D eigenvalue weighted by Gasteiger charge is 2.26. The number of nitrogens with two attached hydrogens (primary N) is 1. The molecule has 112 valence electrons. The fourth-order valence-corrected chi connectivity index (χ4v) is 2.09. The van der Waals surface area contributed by atoms with Crippen LogP contribution in [0.5, 0.6) is 0 Å². The molecule has 1 rings (SSSR count). The average molecular weight is 276 g/mol. The van der Waals surface area contributed by atoms with E-state index in [9.17, 15) is 4.79 Å². The van der Waals surface area contributed by atoms with Gasteiger partial charge in [-0.15, -0.1) is 0 Å². The third-order valence-corrected chi connectivity index (χ3v) is 3.90. The van der Waals surface area contributed by atoms with E-state index in [1.807, 2.05) is 25.1 Å². The second-order valence-corrected chi connectivity index (χ2v) is 6.27. The van der Waals surface area contributed by atoms with Crippen molar-refractivity contribution < 1.29 is 4.79 Å². The minimum absolute atomic E-state index is 0.0441. The third-order valence-electron chi connectivity index (χ3n) is 3.90. The predicted molar refractivity (Wildman–Crippen MR) is 84.4 cm³/mol. The number of aryl methyl sites for hydroxylation is 1. The zero-order chi connectivity index (χ0) is 15.2. The molecular formula is C17H28N2O. The van der Waals surface area contributed by atoms with Gasteiger partial charge in [0.2, 0.25) is 5.91 Å². The van der Waals surface area contributed by atoms with Crippen molar-refractivity contribution in [3.63, 3.8) is 0 Å². The van der Waals surface area contributed by atoms with Gasteiger partial charge in [0, 0.05) is 5.54 Å². The van der Waals surface area contributed by atoms with Crippen molar-refractivity contribution in [2.24, 2.45) is 11.7 Å². The van der Waals surface area contributed by atoms with Gasteiger partial charge < -0.3 is 11.1 Å². The smallest absolute Gasteiger partial charge is 0.237 e. The summed E-state index contributed by atoms with van der Waals surface area (Å²) in [5, 5.41) is 3.08. The van der Waals surface area contributed by atoms with Crippen molar-refractivity contribution in [3.8, 4) is 0 Å². The van der Waals surface area contributed by atoms with Gasteiger partial charge in [-0.25, -0.2) is 0 Å². The topological polar surface area (TPSA) is 55.1 Å². The fourth-order valence-electron chi connectivity index (χ4n) is 2.09. The molecule has 1 amide bonds. The number of nitrogens with one attached hydrogen (secondary N) is 1. The number of hydrogen-bond acceptors (Lipinski definition) is 2. The highest BCUT2D eigenvalue weighted by Crippen LogP contribution is 2.15. The van der Waals surface area contributed by atoms with Crippen LogP contribution in [0.1, 0.15) is 46.1 Å². The maximum absolute atomic E-state index is 12.1. The number of benzene rings is 1. The van der Waals surface area contributed by atoms with Crippen molar-refractivity contribution in [2.75, 3.05) is 0 Å². The zero-order valence-electron chi connectivity index (χ0n) is 13.1. The van der Waals surface area contributed by atoms with Crippen LogP contribution >= 0.6 is 0 Å². The van der Waals surface area contributed by atoms with Gasteiger partial charge in [0.15, 0.2) is 0 Å². The quantitative estimate of drug-likeness (QED) is 0.804. The SMILES string of the molecule is CCC(C)[C@H](N)C(=O)NC(C)(C)CCc1ccccc1. The zero-order valence-corrected chi connectivity index (χ0v) is 13.1. The van der Waals surface area contributed by atoms with Crippen LogP contribution in [-0.2, 0) is 11.2 Å². The molecule has 2 atom stereocenters. The van der Waals surface area contributed by atoms with Gasteiger partial charge in [-0.3, -0.25) is 4.79 Å². The largest absolute Gasteiger partial charge is 0.350 e. The van der Waals surface area contributed by atoms with Crippen LogP contribution in [-0.4, -0.2) is 17.5 Å². The first-order valence-corrected chi connectivity index (χ1v) is 7.47. The normalized spacial score (nSPS) is 14.7. The van der Waals surface area contributed by atoms with E-state index >= 15 is 0 Å². The molecule has 1 aromatic carbocycles. The van der Waals surface area contributed by atoms with Crippen molar-refractivity contribution in [2.45, 2.75) is 58.5 Å². The number of carbonyl (C=O) groups is 1. The van der Waals surface area contributed by atoms with Crippen LogP contribution < -0.4 is 11.1 Å². The summed E-state index contributed by atoms with van der Waals surface area (Å²) in [6, 6.07) is 9.91. The van der Waals surface area contributed by atoms with Crippen LogP contribution in [0.4, 0.5) is 0 Å². The maximum Gasteiger partial charge on any atom is 0.237 e. The summed E-state index contributed by atoms with van der Waals surface area (Å²) in [4.78, 5) is 12.1. The lowest BCUT2D eigenvalue weighted by atomic mass is 9.93. The van der Waals surface area contributed by atoms with E-state index in [4.69, 9.17) is 5.73 Å². The van der Waals surface area contributed by atoms with Gasteiger partial charge in [0.25, 0.3) is 0 Å². The van der Waals surface area contributed by atoms with Crippen molar-refractivity contribution in [3.05, 3.63) is 35.9 Å². The fraction of sp³-hybridized carbons (Fsp3) is 0.588. The van der Waals surface area contributed by atoms with Gasteiger partial charge in [-0.2, -0.15) is 0 Å². The van der Waals surface area contributed by atoms with Gasteiger partial charge in [-0.1, -0.05) is 50.6 Å². The summed E-state index contributed by atoms with van der Waals surface area (Å²) in [5.74, 6) is 0.164. The van der Waals surface area contributed by atoms with Gasteiger partial charge in [0.1, 0.15) is 0 Å². The highest BCUT2D eigenvalue weighted by atomic mass is 16.2. The Morgan fingerprint density at radius 3 is 2.45 bits per heavy atom. The van der Waals surface area contributed by atoms with Crippen molar-refractivity contribution >= 4 is 5.91 Å². The Bertz CT molecular complexity index is 414. The molecule has 3 N–H and O–H groups in total. The molecule has 20 heavy (non-hydrogen) atoms. The summed E-state index contributed by atoms with van der Waals surface area (Å²) in [5.41, 5.74) is 7.03.